The molecule has 1 amide bonds. The van der Waals surface area contributed by atoms with Crippen molar-refractivity contribution in [3.05, 3.63) is 63.9 Å². The molecule has 3 aromatic rings. The van der Waals surface area contributed by atoms with Gasteiger partial charge in [0.2, 0.25) is 5.91 Å². The number of hydrogen-bond acceptors (Lipinski definition) is 4. The SMILES string of the molecule is Cc1nn(Cc2ccc(F)cc2Cl)c(C)c1NC(=O)CCn1cc(C(=O)O)cn1. The number of halogens is 2. The fraction of sp³-hybridized carbons (Fsp3) is 0.263. The van der Waals surface area contributed by atoms with Crippen LogP contribution in [0.5, 0.6) is 0 Å². The van der Waals surface area contributed by atoms with E-state index in [1.807, 2.05) is 6.92 Å². The molecule has 0 fully saturated rings. The van der Waals surface area contributed by atoms with Crippen molar-refractivity contribution in [2.75, 3.05) is 5.32 Å². The molecule has 3 rings (SSSR count). The fourth-order valence-corrected chi connectivity index (χ4v) is 3.08. The van der Waals surface area contributed by atoms with E-state index in [1.54, 1.807) is 17.7 Å². The van der Waals surface area contributed by atoms with Crippen LogP contribution in [0.25, 0.3) is 0 Å². The van der Waals surface area contributed by atoms with Gasteiger partial charge in [-0.25, -0.2) is 9.18 Å². The lowest BCUT2D eigenvalue weighted by Gasteiger charge is -2.09. The van der Waals surface area contributed by atoms with Gasteiger partial charge in [-0.15, -0.1) is 0 Å². The molecule has 0 atom stereocenters. The molecule has 0 saturated carbocycles. The normalized spacial score (nSPS) is 10.9. The van der Waals surface area contributed by atoms with Crippen molar-refractivity contribution in [2.45, 2.75) is 33.4 Å². The number of aryl methyl sites for hydroxylation is 2. The number of nitrogens with one attached hydrogen (secondary N) is 1. The van der Waals surface area contributed by atoms with Gasteiger partial charge in [0.25, 0.3) is 0 Å². The third-order valence-corrected chi connectivity index (χ3v) is 4.78. The van der Waals surface area contributed by atoms with Crippen LogP contribution in [0.3, 0.4) is 0 Å². The molecule has 152 valence electrons. The van der Waals surface area contributed by atoms with Gasteiger partial charge in [-0.2, -0.15) is 10.2 Å². The van der Waals surface area contributed by atoms with Gasteiger partial charge in [0.15, 0.2) is 0 Å². The van der Waals surface area contributed by atoms with Crippen LogP contribution in [0, 0.1) is 19.7 Å². The van der Waals surface area contributed by atoms with Gasteiger partial charge in [0.1, 0.15) is 5.82 Å². The maximum absolute atomic E-state index is 13.2. The summed E-state index contributed by atoms with van der Waals surface area (Å²) in [6.45, 7) is 4.18. The van der Waals surface area contributed by atoms with E-state index in [-0.39, 0.29) is 24.4 Å². The summed E-state index contributed by atoms with van der Waals surface area (Å²) in [5.74, 6) is -1.73. The number of carboxylic acids is 1. The second kappa shape index (κ2) is 8.44. The van der Waals surface area contributed by atoms with Crippen molar-refractivity contribution in [3.8, 4) is 0 Å². The number of nitrogens with zero attached hydrogens (tertiary/aromatic N) is 4. The quantitative estimate of drug-likeness (QED) is 0.612. The van der Waals surface area contributed by atoms with Crippen molar-refractivity contribution in [2.24, 2.45) is 0 Å². The molecule has 8 nitrogen and oxygen atoms in total. The van der Waals surface area contributed by atoms with E-state index in [2.05, 4.69) is 15.5 Å². The number of hydrogen-bond donors (Lipinski definition) is 2. The molecule has 0 spiro atoms. The van der Waals surface area contributed by atoms with Crippen LogP contribution < -0.4 is 5.32 Å². The third-order valence-electron chi connectivity index (χ3n) is 4.43. The molecule has 29 heavy (non-hydrogen) atoms. The van der Waals surface area contributed by atoms with Crippen LogP contribution in [0.2, 0.25) is 5.02 Å². The minimum absolute atomic E-state index is 0.0674. The first kappa shape index (κ1) is 20.5. The van der Waals surface area contributed by atoms with Gasteiger partial charge in [-0.1, -0.05) is 17.7 Å². The van der Waals surface area contributed by atoms with Gasteiger partial charge in [-0.05, 0) is 31.5 Å². The number of carbonyl (C=O) groups excluding carboxylic acids is 1. The molecule has 10 heteroatoms. The smallest absolute Gasteiger partial charge is 0.338 e. The minimum Gasteiger partial charge on any atom is -0.478 e. The van der Waals surface area contributed by atoms with Crippen molar-refractivity contribution in [3.63, 3.8) is 0 Å². The van der Waals surface area contributed by atoms with E-state index < -0.39 is 11.8 Å². The zero-order chi connectivity index (χ0) is 21.1. The molecule has 0 radical (unpaired) electrons. The Bertz CT molecular complexity index is 1080. The first-order chi connectivity index (χ1) is 13.7. The molecule has 2 heterocycles. The molecule has 0 bridgehead atoms. The topological polar surface area (TPSA) is 102 Å². The summed E-state index contributed by atoms with van der Waals surface area (Å²) in [5, 5.41) is 20.4. The summed E-state index contributed by atoms with van der Waals surface area (Å²) in [6.07, 6.45) is 2.73. The van der Waals surface area contributed by atoms with Gasteiger partial charge in [0, 0.05) is 24.2 Å². The summed E-state index contributed by atoms with van der Waals surface area (Å²) < 4.78 is 16.3. The van der Waals surface area contributed by atoms with Crippen LogP contribution in [0.4, 0.5) is 10.1 Å². The van der Waals surface area contributed by atoms with E-state index in [9.17, 15) is 14.0 Å². The molecule has 1 aromatic carbocycles. The van der Waals surface area contributed by atoms with E-state index >= 15 is 0 Å². The average molecular weight is 420 g/mol. The lowest BCUT2D eigenvalue weighted by molar-refractivity contribution is -0.116. The van der Waals surface area contributed by atoms with Crippen LogP contribution in [-0.4, -0.2) is 36.5 Å². The lowest BCUT2D eigenvalue weighted by atomic mass is 10.2. The van der Waals surface area contributed by atoms with Gasteiger partial charge in [0.05, 0.1) is 35.4 Å². The molecule has 0 unspecified atom stereocenters. The maximum atomic E-state index is 13.2. The first-order valence-electron chi connectivity index (χ1n) is 8.78. The summed E-state index contributed by atoms with van der Waals surface area (Å²) in [4.78, 5) is 23.2. The van der Waals surface area contributed by atoms with Crippen molar-refractivity contribution in [1.82, 2.24) is 19.6 Å². The van der Waals surface area contributed by atoms with Crippen molar-refractivity contribution in [1.29, 1.82) is 0 Å². The largest absolute Gasteiger partial charge is 0.478 e. The monoisotopic (exact) mass is 419 g/mol. The Hall–Kier alpha value is -3.20. The maximum Gasteiger partial charge on any atom is 0.338 e. The lowest BCUT2D eigenvalue weighted by Crippen LogP contribution is -2.16. The molecule has 2 N–H and O–H groups in total. The Morgan fingerprint density at radius 1 is 1.31 bits per heavy atom. The van der Waals surface area contributed by atoms with Crippen molar-refractivity contribution < 1.29 is 19.1 Å². The predicted octanol–water partition coefficient (Wildman–Crippen LogP) is 3.26. The number of anilines is 1. The number of aromatic carboxylic acids is 1. The Kier molecular flexibility index (Phi) is 5.97. The highest BCUT2D eigenvalue weighted by Gasteiger charge is 2.16. The number of carbonyl (C=O) groups is 2. The van der Waals surface area contributed by atoms with Crippen LogP contribution >= 0.6 is 11.6 Å². The van der Waals surface area contributed by atoms with E-state index in [0.717, 1.165) is 5.69 Å². The van der Waals surface area contributed by atoms with Crippen LogP contribution in [0.1, 0.15) is 33.7 Å². The highest BCUT2D eigenvalue weighted by molar-refractivity contribution is 6.31. The summed E-state index contributed by atoms with van der Waals surface area (Å²) in [5.41, 5.74) is 2.76. The fourth-order valence-electron chi connectivity index (χ4n) is 2.86. The highest BCUT2D eigenvalue weighted by Crippen LogP contribution is 2.23. The average Bonchev–Trinajstić information content (AvgIpc) is 3.23. The molecular formula is C19H19ClFN5O3. The van der Waals surface area contributed by atoms with Gasteiger partial charge in [-0.3, -0.25) is 14.2 Å². The standard InChI is InChI=1S/C19H19ClFN5O3/c1-11-18(23-17(27)5-6-25-9-14(8-22-25)19(28)29)12(2)26(24-11)10-13-3-4-15(21)7-16(13)20/h3-4,7-9H,5-6,10H2,1-2H3,(H,23,27)(H,28,29). The molecule has 2 aromatic heterocycles. The molecule has 0 aliphatic rings. The van der Waals surface area contributed by atoms with E-state index in [1.165, 1.54) is 29.2 Å². The Morgan fingerprint density at radius 3 is 2.72 bits per heavy atom. The molecule has 0 saturated heterocycles. The van der Waals surface area contributed by atoms with Crippen molar-refractivity contribution >= 4 is 29.2 Å². The number of carboxylic acid groups (broad SMARTS) is 1. The summed E-state index contributed by atoms with van der Waals surface area (Å²) in [7, 11) is 0. The summed E-state index contributed by atoms with van der Waals surface area (Å²) in [6, 6.07) is 4.18. The highest BCUT2D eigenvalue weighted by atomic mass is 35.5. The number of amides is 1. The Morgan fingerprint density at radius 2 is 2.07 bits per heavy atom. The minimum atomic E-state index is -1.07. The van der Waals surface area contributed by atoms with Crippen LogP contribution in [-0.2, 0) is 17.9 Å². The second-order valence-corrected chi connectivity index (χ2v) is 6.94. The van der Waals surface area contributed by atoms with Crippen LogP contribution in [0.15, 0.2) is 30.6 Å². The van der Waals surface area contributed by atoms with E-state index in [4.69, 9.17) is 16.7 Å². The zero-order valence-corrected chi connectivity index (χ0v) is 16.6. The number of rotatable bonds is 7. The number of aromatic nitrogens is 4. The Balaban J connectivity index is 1.66. The second-order valence-electron chi connectivity index (χ2n) is 6.53. The van der Waals surface area contributed by atoms with E-state index in [0.29, 0.717) is 28.5 Å². The first-order valence-corrected chi connectivity index (χ1v) is 9.16. The molecule has 0 aliphatic heterocycles. The zero-order valence-electron chi connectivity index (χ0n) is 15.8. The van der Waals surface area contributed by atoms with Gasteiger partial charge >= 0.3 is 5.97 Å². The Labute approximate surface area is 170 Å². The number of benzene rings is 1. The third kappa shape index (κ3) is 4.80. The molecule has 0 aliphatic carbocycles. The van der Waals surface area contributed by atoms with Gasteiger partial charge < -0.3 is 10.4 Å². The molecular weight excluding hydrogens is 401 g/mol. The summed E-state index contributed by atoms with van der Waals surface area (Å²) >= 11 is 6.09. The predicted molar refractivity (Wildman–Crippen MR) is 105 cm³/mol.